The summed E-state index contributed by atoms with van der Waals surface area (Å²) in [6.07, 6.45) is 0. The number of piperazine rings is 1. The van der Waals surface area contributed by atoms with Crippen molar-refractivity contribution in [2.75, 3.05) is 31.1 Å². The lowest BCUT2D eigenvalue weighted by Crippen LogP contribution is -2.48. The van der Waals surface area contributed by atoms with E-state index in [0.717, 1.165) is 28.5 Å². The second-order valence-electron chi connectivity index (χ2n) is 7.23. The Morgan fingerprint density at radius 3 is 2.53 bits per heavy atom. The van der Waals surface area contributed by atoms with Gasteiger partial charge < -0.3 is 4.90 Å². The summed E-state index contributed by atoms with van der Waals surface area (Å²) in [4.78, 5) is 6.90. The van der Waals surface area contributed by atoms with Gasteiger partial charge in [0.2, 0.25) is 10.0 Å². The molecule has 0 unspecified atom stereocenters. The fraction of sp³-hybridized carbons (Fsp3) is 0.286. The summed E-state index contributed by atoms with van der Waals surface area (Å²) < 4.78 is 40.5. The predicted octanol–water partition coefficient (Wildman–Crippen LogP) is 4.73. The topological polar surface area (TPSA) is 53.5 Å². The van der Waals surface area contributed by atoms with E-state index >= 15 is 0 Å². The summed E-state index contributed by atoms with van der Waals surface area (Å²) in [5.74, 6) is -0.635. The van der Waals surface area contributed by atoms with E-state index in [4.69, 9.17) is 16.6 Å². The number of benzene rings is 2. The summed E-state index contributed by atoms with van der Waals surface area (Å²) in [6.45, 7) is 5.91. The number of aryl methyl sites for hydroxylation is 1. The third-order valence-electron chi connectivity index (χ3n) is 5.41. The molecule has 158 valence electrons. The summed E-state index contributed by atoms with van der Waals surface area (Å²) in [6, 6.07) is 9.67. The van der Waals surface area contributed by atoms with E-state index in [1.807, 2.05) is 11.4 Å². The van der Waals surface area contributed by atoms with Crippen LogP contribution < -0.4 is 4.90 Å². The first kappa shape index (κ1) is 21.2. The smallest absolute Gasteiger partial charge is 0.243 e. The van der Waals surface area contributed by atoms with Crippen molar-refractivity contribution in [1.29, 1.82) is 0 Å². The molecule has 2 heterocycles. The van der Waals surface area contributed by atoms with Gasteiger partial charge in [0.1, 0.15) is 5.82 Å². The first-order valence-corrected chi connectivity index (χ1v) is 12.2. The third kappa shape index (κ3) is 3.97. The van der Waals surface area contributed by atoms with Gasteiger partial charge in [0.15, 0.2) is 5.13 Å². The van der Waals surface area contributed by atoms with Gasteiger partial charge in [-0.1, -0.05) is 29.8 Å². The van der Waals surface area contributed by atoms with Crippen LogP contribution in [0.5, 0.6) is 0 Å². The molecule has 0 bridgehead atoms. The van der Waals surface area contributed by atoms with Crippen molar-refractivity contribution in [3.8, 4) is 11.3 Å². The van der Waals surface area contributed by atoms with Gasteiger partial charge in [0.05, 0.1) is 15.6 Å². The Balaban J connectivity index is 1.48. The van der Waals surface area contributed by atoms with Gasteiger partial charge in [-0.15, -0.1) is 11.3 Å². The maximum Gasteiger partial charge on any atom is 0.243 e. The summed E-state index contributed by atoms with van der Waals surface area (Å²) in [5, 5.41) is 2.73. The number of nitrogens with zero attached hydrogens (tertiary/aromatic N) is 3. The molecule has 1 saturated heterocycles. The van der Waals surface area contributed by atoms with E-state index in [1.54, 1.807) is 11.3 Å². The number of hydrogen-bond acceptors (Lipinski definition) is 5. The Morgan fingerprint density at radius 2 is 1.83 bits per heavy atom. The second-order valence-corrected chi connectivity index (χ2v) is 10.4. The van der Waals surface area contributed by atoms with Crippen LogP contribution in [0.25, 0.3) is 11.3 Å². The Labute approximate surface area is 184 Å². The number of sulfonamides is 1. The number of anilines is 1. The van der Waals surface area contributed by atoms with Crippen LogP contribution in [0.1, 0.15) is 11.1 Å². The van der Waals surface area contributed by atoms with Gasteiger partial charge in [-0.05, 0) is 43.2 Å². The zero-order valence-corrected chi connectivity index (χ0v) is 19.0. The molecule has 1 fully saturated rings. The number of halogens is 2. The molecular formula is C21H21ClFN3O2S2. The minimum atomic E-state index is -3.72. The average Bonchev–Trinajstić information content (AvgIpc) is 3.22. The zero-order valence-electron chi connectivity index (χ0n) is 16.6. The second kappa shape index (κ2) is 8.26. The standard InChI is InChI=1S/C21H21ClFN3O2S2/c1-14-4-3-5-17(15(14)2)20-13-29-21(24-20)25-8-10-26(11-9-25)30(27,28)16-6-7-19(23)18(22)12-16/h3-7,12-13H,8-11H2,1-2H3. The highest BCUT2D eigenvalue weighted by Crippen LogP contribution is 2.31. The summed E-state index contributed by atoms with van der Waals surface area (Å²) >= 11 is 7.32. The van der Waals surface area contributed by atoms with Crippen molar-refractivity contribution in [1.82, 2.24) is 9.29 Å². The van der Waals surface area contributed by atoms with Crippen LogP contribution >= 0.6 is 22.9 Å². The highest BCUT2D eigenvalue weighted by atomic mass is 35.5. The molecule has 0 radical (unpaired) electrons. The van der Waals surface area contributed by atoms with Gasteiger partial charge >= 0.3 is 0 Å². The van der Waals surface area contributed by atoms with Gasteiger partial charge in [-0.2, -0.15) is 4.31 Å². The lowest BCUT2D eigenvalue weighted by atomic mass is 10.0. The molecule has 0 N–H and O–H groups in total. The first-order valence-electron chi connectivity index (χ1n) is 9.49. The normalized spacial score (nSPS) is 15.5. The first-order chi connectivity index (χ1) is 14.3. The van der Waals surface area contributed by atoms with Crippen molar-refractivity contribution in [3.63, 3.8) is 0 Å². The third-order valence-corrected chi connectivity index (χ3v) is 8.50. The number of hydrogen-bond donors (Lipinski definition) is 0. The molecular weight excluding hydrogens is 445 g/mol. The lowest BCUT2D eigenvalue weighted by molar-refractivity contribution is 0.384. The van der Waals surface area contributed by atoms with Crippen LogP contribution in [0.15, 0.2) is 46.7 Å². The fourth-order valence-corrected chi connectivity index (χ4v) is 6.04. The molecule has 0 aliphatic carbocycles. The molecule has 1 aromatic heterocycles. The molecule has 0 saturated carbocycles. The van der Waals surface area contributed by atoms with Crippen LogP contribution in [-0.4, -0.2) is 43.9 Å². The van der Waals surface area contributed by atoms with Crippen molar-refractivity contribution < 1.29 is 12.8 Å². The highest BCUT2D eigenvalue weighted by Gasteiger charge is 2.30. The van der Waals surface area contributed by atoms with E-state index < -0.39 is 15.8 Å². The Morgan fingerprint density at radius 1 is 1.10 bits per heavy atom. The summed E-state index contributed by atoms with van der Waals surface area (Å²) in [5.41, 5.74) is 4.49. The van der Waals surface area contributed by atoms with Gasteiger partial charge in [0.25, 0.3) is 0 Å². The van der Waals surface area contributed by atoms with Gasteiger partial charge in [-0.25, -0.2) is 17.8 Å². The molecule has 9 heteroatoms. The van der Waals surface area contributed by atoms with E-state index in [0.29, 0.717) is 26.2 Å². The average molecular weight is 466 g/mol. The van der Waals surface area contributed by atoms with Gasteiger partial charge in [0, 0.05) is 37.1 Å². The van der Waals surface area contributed by atoms with Gasteiger partial charge in [-0.3, -0.25) is 0 Å². The van der Waals surface area contributed by atoms with E-state index in [1.165, 1.54) is 21.5 Å². The quantitative estimate of drug-likeness (QED) is 0.559. The van der Waals surface area contributed by atoms with E-state index in [2.05, 4.69) is 30.9 Å². The van der Waals surface area contributed by atoms with Crippen LogP contribution in [0.2, 0.25) is 5.02 Å². The highest BCUT2D eigenvalue weighted by molar-refractivity contribution is 7.89. The number of rotatable bonds is 4. The molecule has 1 aliphatic heterocycles. The largest absolute Gasteiger partial charge is 0.345 e. The molecule has 2 aromatic carbocycles. The molecule has 1 aliphatic rings. The van der Waals surface area contributed by atoms with E-state index in [9.17, 15) is 12.8 Å². The molecule has 3 aromatic rings. The van der Waals surface area contributed by atoms with Crippen LogP contribution in [0.4, 0.5) is 9.52 Å². The SMILES string of the molecule is Cc1cccc(-c2csc(N3CCN(S(=O)(=O)c4ccc(F)c(Cl)c4)CC3)n2)c1C. The zero-order chi connectivity index (χ0) is 21.5. The van der Waals surface area contributed by atoms with Crippen molar-refractivity contribution >= 4 is 38.1 Å². The minimum Gasteiger partial charge on any atom is -0.345 e. The Bertz CT molecular complexity index is 1190. The lowest BCUT2D eigenvalue weighted by Gasteiger charge is -2.33. The maximum atomic E-state index is 13.4. The Kier molecular flexibility index (Phi) is 5.85. The van der Waals surface area contributed by atoms with Crippen molar-refractivity contribution in [3.05, 3.63) is 63.7 Å². The minimum absolute atomic E-state index is 0.00816. The molecule has 0 amide bonds. The van der Waals surface area contributed by atoms with Crippen molar-refractivity contribution in [2.45, 2.75) is 18.7 Å². The Hall–Kier alpha value is -2.00. The molecule has 0 spiro atoms. The molecule has 5 nitrogen and oxygen atoms in total. The molecule has 30 heavy (non-hydrogen) atoms. The maximum absolute atomic E-state index is 13.4. The molecule has 0 atom stereocenters. The van der Waals surface area contributed by atoms with Crippen LogP contribution in [-0.2, 0) is 10.0 Å². The van der Waals surface area contributed by atoms with E-state index in [-0.39, 0.29) is 9.92 Å². The van der Waals surface area contributed by atoms with Crippen LogP contribution in [0.3, 0.4) is 0 Å². The monoisotopic (exact) mass is 465 g/mol. The number of thiazole rings is 1. The summed E-state index contributed by atoms with van der Waals surface area (Å²) in [7, 11) is -3.72. The predicted molar refractivity (Wildman–Crippen MR) is 119 cm³/mol. The van der Waals surface area contributed by atoms with Crippen molar-refractivity contribution in [2.24, 2.45) is 0 Å². The fourth-order valence-electron chi connectivity index (χ4n) is 3.47. The molecule has 4 rings (SSSR count). The van der Waals surface area contributed by atoms with Crippen LogP contribution in [0, 0.1) is 19.7 Å². The number of aromatic nitrogens is 1.